The van der Waals surface area contributed by atoms with Gasteiger partial charge in [-0.15, -0.1) is 0 Å². The van der Waals surface area contributed by atoms with E-state index in [-0.39, 0.29) is 30.8 Å². The Hall–Kier alpha value is -3.54. The van der Waals surface area contributed by atoms with Crippen molar-refractivity contribution in [2.45, 2.75) is 64.1 Å². The van der Waals surface area contributed by atoms with E-state index in [2.05, 4.69) is 10.3 Å². The molecule has 1 aliphatic rings. The van der Waals surface area contributed by atoms with Crippen LogP contribution in [0.25, 0.3) is 0 Å². The Morgan fingerprint density at radius 1 is 1.26 bits per heavy atom. The van der Waals surface area contributed by atoms with Gasteiger partial charge in [-0.25, -0.2) is 0 Å². The Morgan fingerprint density at radius 2 is 1.94 bits per heavy atom. The average molecular weight is 490 g/mol. The average Bonchev–Trinajstić information content (AvgIpc) is 3.35. The number of benzene rings is 1. The number of hydrogen-bond acceptors (Lipinski definition) is 6. The van der Waals surface area contributed by atoms with Crippen molar-refractivity contribution < 1.29 is 19.7 Å². The summed E-state index contributed by atoms with van der Waals surface area (Å²) in [4.78, 5) is 56.5. The summed E-state index contributed by atoms with van der Waals surface area (Å²) in [6.07, 6.45) is 2.41. The molecule has 192 valence electrons. The third-order valence-corrected chi connectivity index (χ3v) is 6.27. The van der Waals surface area contributed by atoms with Crippen molar-refractivity contribution in [3.05, 3.63) is 35.2 Å². The van der Waals surface area contributed by atoms with Gasteiger partial charge in [0.25, 0.3) is 0 Å². The van der Waals surface area contributed by atoms with Crippen LogP contribution in [0, 0.1) is 10.8 Å². The number of nitroso groups, excluding NO2 is 1. The van der Waals surface area contributed by atoms with Gasteiger partial charge in [0, 0.05) is 18.0 Å². The number of amides is 3. The highest BCUT2D eigenvalue weighted by molar-refractivity contribution is 5.98. The molecule has 1 aliphatic heterocycles. The number of nitrogens with two attached hydrogens (primary N) is 3. The van der Waals surface area contributed by atoms with Gasteiger partial charge >= 0.3 is 5.91 Å². The fourth-order valence-electron chi connectivity index (χ4n) is 3.98. The fraction of sp³-hybridized carbons (Fsp3) is 0.565. The SMILES string of the molecule is CC[C@@H](C)[C@@H](N)C(=O)N1CCC[C@H]1C(=O)N[C@@H](CCCN=C(N)N)C(=O)N([NH+]=O)c1ccccc1. The smallest absolute Gasteiger partial charge is 0.309 e. The van der Waals surface area contributed by atoms with Crippen LogP contribution in [0.5, 0.6) is 0 Å². The lowest BCUT2D eigenvalue weighted by Gasteiger charge is -2.30. The molecule has 0 aromatic heterocycles. The second-order valence-electron chi connectivity index (χ2n) is 8.71. The van der Waals surface area contributed by atoms with Crippen LogP contribution in [0.3, 0.4) is 0 Å². The molecule has 1 heterocycles. The molecule has 0 radical (unpaired) electrons. The second kappa shape index (κ2) is 13.4. The zero-order valence-corrected chi connectivity index (χ0v) is 20.4. The molecule has 8 N–H and O–H groups in total. The Bertz CT molecular complexity index is 906. The third kappa shape index (κ3) is 7.47. The maximum Gasteiger partial charge on any atom is 0.309 e. The first-order valence-corrected chi connectivity index (χ1v) is 11.9. The number of nitrogens with one attached hydrogen (secondary N) is 2. The molecule has 1 aromatic carbocycles. The van der Waals surface area contributed by atoms with Crippen LogP contribution in [0.1, 0.15) is 46.0 Å². The predicted octanol–water partition coefficient (Wildman–Crippen LogP) is -1.32. The van der Waals surface area contributed by atoms with Gasteiger partial charge in [0.2, 0.25) is 11.8 Å². The zero-order chi connectivity index (χ0) is 26.0. The molecule has 0 unspecified atom stereocenters. The number of nitrogens with zero attached hydrogens (tertiary/aromatic N) is 3. The number of carbonyl (C=O) groups excluding carboxylic acids is 3. The van der Waals surface area contributed by atoms with Crippen LogP contribution in [0.4, 0.5) is 5.69 Å². The van der Waals surface area contributed by atoms with E-state index in [4.69, 9.17) is 17.2 Å². The molecule has 3 amide bonds. The lowest BCUT2D eigenvalue weighted by atomic mass is 9.98. The number of guanidine groups is 1. The summed E-state index contributed by atoms with van der Waals surface area (Å²) in [6, 6.07) is 5.81. The van der Waals surface area contributed by atoms with Crippen molar-refractivity contribution in [1.82, 2.24) is 10.2 Å². The molecule has 0 spiro atoms. The van der Waals surface area contributed by atoms with E-state index in [0.717, 1.165) is 11.4 Å². The number of aliphatic imine (C=N–C) groups is 1. The summed E-state index contributed by atoms with van der Waals surface area (Å²) in [6.45, 7) is 4.51. The largest absolute Gasteiger partial charge is 0.370 e. The van der Waals surface area contributed by atoms with Crippen LogP contribution in [0.2, 0.25) is 0 Å². The van der Waals surface area contributed by atoms with Crippen LogP contribution in [-0.4, -0.2) is 59.8 Å². The molecule has 0 saturated carbocycles. The van der Waals surface area contributed by atoms with Crippen molar-refractivity contribution in [2.24, 2.45) is 28.1 Å². The summed E-state index contributed by atoms with van der Waals surface area (Å²) in [5.74, 6) is -1.50. The van der Waals surface area contributed by atoms with E-state index in [9.17, 15) is 19.3 Å². The topological polar surface area (TPSA) is 191 Å². The van der Waals surface area contributed by atoms with Gasteiger partial charge in [-0.1, -0.05) is 38.5 Å². The van der Waals surface area contributed by atoms with Crippen molar-refractivity contribution in [1.29, 1.82) is 0 Å². The quantitative estimate of drug-likeness (QED) is 0.104. The lowest BCUT2D eigenvalue weighted by Crippen LogP contribution is -2.82. The normalized spacial score (nSPS) is 17.7. The molecule has 4 atom stereocenters. The number of hydrogen-bond donors (Lipinski definition) is 5. The minimum absolute atomic E-state index is 0.0285. The summed E-state index contributed by atoms with van der Waals surface area (Å²) in [5, 5.41) is 5.22. The molecule has 12 nitrogen and oxygen atoms in total. The molecule has 0 aliphatic carbocycles. The van der Waals surface area contributed by atoms with E-state index < -0.39 is 29.9 Å². The minimum Gasteiger partial charge on any atom is -0.370 e. The van der Waals surface area contributed by atoms with Crippen molar-refractivity contribution in [2.75, 3.05) is 18.1 Å². The van der Waals surface area contributed by atoms with Gasteiger partial charge in [0.1, 0.15) is 23.1 Å². The zero-order valence-electron chi connectivity index (χ0n) is 20.4. The van der Waals surface area contributed by atoms with Crippen LogP contribution in [0.15, 0.2) is 35.3 Å². The highest BCUT2D eigenvalue weighted by Crippen LogP contribution is 2.21. The first-order valence-electron chi connectivity index (χ1n) is 11.9. The van der Waals surface area contributed by atoms with Crippen LogP contribution in [-0.2, 0) is 14.4 Å². The molecule has 1 aromatic rings. The number of hydrazine groups is 1. The number of likely N-dealkylation sites (tertiary alicyclic amines) is 1. The van der Waals surface area contributed by atoms with E-state index >= 15 is 0 Å². The van der Waals surface area contributed by atoms with Crippen LogP contribution < -0.4 is 32.8 Å². The maximum absolute atomic E-state index is 13.3. The van der Waals surface area contributed by atoms with E-state index in [1.54, 1.807) is 35.6 Å². The summed E-state index contributed by atoms with van der Waals surface area (Å²) < 4.78 is 0. The van der Waals surface area contributed by atoms with Gasteiger partial charge in [-0.3, -0.25) is 19.4 Å². The van der Waals surface area contributed by atoms with E-state index in [0.29, 0.717) is 31.5 Å². The highest BCUT2D eigenvalue weighted by atomic mass is 16.3. The highest BCUT2D eigenvalue weighted by Gasteiger charge is 2.39. The molecule has 12 heteroatoms. The summed E-state index contributed by atoms with van der Waals surface area (Å²) in [5.41, 5.74) is 17.2. The van der Waals surface area contributed by atoms with Gasteiger partial charge < -0.3 is 27.4 Å². The molecule has 0 bridgehead atoms. The molecule has 2 rings (SSSR count). The number of carbonyl (C=O) groups is 3. The second-order valence-corrected chi connectivity index (χ2v) is 8.71. The minimum atomic E-state index is -1.04. The van der Waals surface area contributed by atoms with Crippen LogP contribution >= 0.6 is 0 Å². The standard InChI is InChI=1S/C23H36N8O4/c1-3-15(2)19(24)22(34)30-14-8-12-18(30)20(32)28-17(11-7-13-27-23(25)26)21(33)31(29-35)16-9-5-4-6-10-16/h4-6,9-10,15,17-19H,3,7-8,11-14,24H2,1-2H3,(H,28,32)(H4,25,26,27)/p+1/t15-,17+,18+,19-/m1/s1. The first-order chi connectivity index (χ1) is 16.7. The Balaban J connectivity index is 2.20. The Labute approximate surface area is 205 Å². The fourth-order valence-corrected chi connectivity index (χ4v) is 3.98. The molecule has 1 saturated heterocycles. The van der Waals surface area contributed by atoms with Gasteiger partial charge in [0.15, 0.2) is 5.96 Å². The van der Waals surface area contributed by atoms with E-state index in [1.807, 2.05) is 13.8 Å². The lowest BCUT2D eigenvalue weighted by molar-refractivity contribution is -0.484. The molecular formula is C23H37N8O4+. The van der Waals surface area contributed by atoms with Gasteiger partial charge in [-0.2, -0.15) is 0 Å². The van der Waals surface area contributed by atoms with Crippen molar-refractivity contribution in [3.63, 3.8) is 0 Å². The Morgan fingerprint density at radius 3 is 2.54 bits per heavy atom. The van der Waals surface area contributed by atoms with Crippen molar-refractivity contribution >= 4 is 29.4 Å². The number of anilines is 1. The third-order valence-electron chi connectivity index (χ3n) is 6.27. The monoisotopic (exact) mass is 489 g/mol. The van der Waals surface area contributed by atoms with Gasteiger partial charge in [0.05, 0.1) is 6.04 Å². The number of para-hydroxylation sites is 1. The van der Waals surface area contributed by atoms with E-state index in [1.165, 1.54) is 4.90 Å². The number of rotatable bonds is 12. The molecule has 35 heavy (non-hydrogen) atoms. The van der Waals surface area contributed by atoms with Crippen molar-refractivity contribution in [3.8, 4) is 0 Å². The molecular weight excluding hydrogens is 452 g/mol. The summed E-state index contributed by atoms with van der Waals surface area (Å²) >= 11 is 0. The first kappa shape index (κ1) is 27.7. The predicted molar refractivity (Wildman–Crippen MR) is 132 cm³/mol. The Kier molecular flexibility index (Phi) is 10.6. The molecule has 1 fully saturated rings. The maximum atomic E-state index is 13.3. The summed E-state index contributed by atoms with van der Waals surface area (Å²) in [7, 11) is 0. The van der Waals surface area contributed by atoms with Gasteiger partial charge in [-0.05, 0) is 48.7 Å².